The summed E-state index contributed by atoms with van der Waals surface area (Å²) in [5.74, 6) is 0.972. The number of hydrogen-bond donors (Lipinski definition) is 3. The molecule has 0 aliphatic rings. The maximum absolute atomic E-state index is 15.0. The van der Waals surface area contributed by atoms with Crippen molar-refractivity contribution in [3.8, 4) is 0 Å². The average Bonchev–Trinajstić information content (AvgIpc) is 3.42. The monoisotopic (exact) mass is 471 g/mol. The van der Waals surface area contributed by atoms with E-state index in [2.05, 4.69) is 47.4 Å². The predicted octanol–water partition coefficient (Wildman–Crippen LogP) is 5.69. The van der Waals surface area contributed by atoms with Gasteiger partial charge in [-0.3, -0.25) is 4.98 Å². The van der Waals surface area contributed by atoms with Crippen LogP contribution in [-0.2, 0) is 13.0 Å². The molecule has 0 amide bonds. The fourth-order valence-electron chi connectivity index (χ4n) is 4.19. The lowest BCUT2D eigenvalue weighted by atomic mass is 10.1. The molecule has 3 N–H and O–H groups in total. The Morgan fingerprint density at radius 3 is 2.91 bits per heavy atom. The zero-order valence-electron chi connectivity index (χ0n) is 18.2. The Morgan fingerprint density at radius 1 is 1.09 bits per heavy atom. The van der Waals surface area contributed by atoms with E-state index in [9.17, 15) is 4.39 Å². The third-order valence-corrected chi connectivity index (χ3v) is 6.15. The SMILES string of the molecule is Cc1cnc2ccc(Cc3nc4ncnc(NCc5ccc6[nH]cc(Cl)c6c5F)c4[nH]3)cc2c1. The lowest BCUT2D eigenvalue weighted by Gasteiger charge is -2.08. The van der Waals surface area contributed by atoms with Crippen molar-refractivity contribution in [2.24, 2.45) is 0 Å². The first kappa shape index (κ1) is 20.6. The zero-order valence-corrected chi connectivity index (χ0v) is 18.9. The van der Waals surface area contributed by atoms with Crippen LogP contribution in [0, 0.1) is 12.7 Å². The summed E-state index contributed by atoms with van der Waals surface area (Å²) >= 11 is 6.13. The molecule has 0 spiro atoms. The van der Waals surface area contributed by atoms with Crippen LogP contribution in [0.25, 0.3) is 33.0 Å². The van der Waals surface area contributed by atoms with Crippen molar-refractivity contribution < 1.29 is 4.39 Å². The van der Waals surface area contributed by atoms with Gasteiger partial charge in [0.25, 0.3) is 0 Å². The second-order valence-electron chi connectivity index (χ2n) is 8.27. The number of nitrogens with zero attached hydrogens (tertiary/aromatic N) is 4. The van der Waals surface area contributed by atoms with Gasteiger partial charge in [-0.05, 0) is 42.3 Å². The molecule has 34 heavy (non-hydrogen) atoms. The van der Waals surface area contributed by atoms with Crippen LogP contribution in [-0.4, -0.2) is 29.9 Å². The molecule has 6 aromatic rings. The molecule has 0 saturated heterocycles. The van der Waals surface area contributed by atoms with Crippen LogP contribution < -0.4 is 5.32 Å². The Hall–Kier alpha value is -4.04. The number of anilines is 1. The summed E-state index contributed by atoms with van der Waals surface area (Å²) in [7, 11) is 0. The molecular formula is C25H19ClFN7. The molecule has 0 atom stereocenters. The van der Waals surface area contributed by atoms with Gasteiger partial charge in [0.05, 0.1) is 15.9 Å². The van der Waals surface area contributed by atoms with Crippen LogP contribution in [0.4, 0.5) is 10.2 Å². The van der Waals surface area contributed by atoms with Gasteiger partial charge in [0.1, 0.15) is 23.5 Å². The number of nitrogens with one attached hydrogen (secondary N) is 3. The highest BCUT2D eigenvalue weighted by Gasteiger charge is 2.14. The minimum absolute atomic E-state index is 0.237. The standard InChI is InChI=1S/C25H19ClFN7/c1-13-6-16-7-14(2-4-18(16)28-9-13)8-20-33-23-24(31-12-32-25(23)34-20)30-10-15-3-5-19-21(22(15)27)17(26)11-29-19/h2-7,9,11-12,29H,8,10H2,1H3,(H2,30,31,32,33,34). The third-order valence-electron chi connectivity index (χ3n) is 5.85. The molecular weight excluding hydrogens is 453 g/mol. The quantitative estimate of drug-likeness (QED) is 0.300. The van der Waals surface area contributed by atoms with Gasteiger partial charge in [0.2, 0.25) is 0 Å². The van der Waals surface area contributed by atoms with Crippen LogP contribution in [0.3, 0.4) is 0 Å². The van der Waals surface area contributed by atoms with E-state index in [0.29, 0.717) is 44.9 Å². The van der Waals surface area contributed by atoms with E-state index in [1.165, 1.54) is 6.33 Å². The van der Waals surface area contributed by atoms with Crippen molar-refractivity contribution in [1.82, 2.24) is 29.9 Å². The molecule has 7 nitrogen and oxygen atoms in total. The van der Waals surface area contributed by atoms with Gasteiger partial charge < -0.3 is 15.3 Å². The van der Waals surface area contributed by atoms with E-state index in [1.54, 1.807) is 12.3 Å². The second kappa shape index (κ2) is 8.07. The summed E-state index contributed by atoms with van der Waals surface area (Å²) in [5, 5.41) is 5.04. The number of benzene rings is 2. The lowest BCUT2D eigenvalue weighted by Crippen LogP contribution is -2.04. The van der Waals surface area contributed by atoms with E-state index in [1.807, 2.05) is 31.3 Å². The maximum Gasteiger partial charge on any atom is 0.183 e. The molecule has 0 bridgehead atoms. The third kappa shape index (κ3) is 3.62. The maximum atomic E-state index is 15.0. The van der Waals surface area contributed by atoms with Gasteiger partial charge >= 0.3 is 0 Å². The molecule has 0 saturated carbocycles. The number of H-pyrrole nitrogens is 2. The molecule has 0 unspecified atom stereocenters. The van der Waals surface area contributed by atoms with E-state index < -0.39 is 0 Å². The van der Waals surface area contributed by atoms with Crippen LogP contribution in [0.5, 0.6) is 0 Å². The van der Waals surface area contributed by atoms with E-state index in [4.69, 9.17) is 11.6 Å². The van der Waals surface area contributed by atoms with Crippen molar-refractivity contribution in [2.45, 2.75) is 19.9 Å². The van der Waals surface area contributed by atoms with Crippen molar-refractivity contribution in [2.75, 3.05) is 5.32 Å². The number of halogens is 2. The minimum atomic E-state index is -0.354. The van der Waals surface area contributed by atoms with E-state index in [0.717, 1.165) is 27.9 Å². The highest BCUT2D eigenvalue weighted by molar-refractivity contribution is 6.35. The van der Waals surface area contributed by atoms with Gasteiger partial charge in [0.15, 0.2) is 11.5 Å². The number of hydrogen-bond acceptors (Lipinski definition) is 5. The molecule has 2 aromatic carbocycles. The number of aromatic amines is 2. The van der Waals surface area contributed by atoms with Crippen LogP contribution >= 0.6 is 11.6 Å². The normalized spacial score (nSPS) is 11.6. The molecule has 6 rings (SSSR count). The number of aromatic nitrogens is 6. The molecule has 0 radical (unpaired) electrons. The highest BCUT2D eigenvalue weighted by Crippen LogP contribution is 2.28. The van der Waals surface area contributed by atoms with Crippen molar-refractivity contribution in [1.29, 1.82) is 0 Å². The molecule has 4 heterocycles. The first-order chi connectivity index (χ1) is 16.5. The van der Waals surface area contributed by atoms with Crippen molar-refractivity contribution in [3.05, 3.63) is 88.5 Å². The first-order valence-electron chi connectivity index (χ1n) is 10.8. The fourth-order valence-corrected chi connectivity index (χ4v) is 4.43. The van der Waals surface area contributed by atoms with Crippen LogP contribution in [0.2, 0.25) is 5.02 Å². The largest absolute Gasteiger partial charge is 0.364 e. The summed E-state index contributed by atoms with van der Waals surface area (Å²) in [6.45, 7) is 2.27. The molecule has 4 aromatic heterocycles. The van der Waals surface area contributed by atoms with Crippen molar-refractivity contribution >= 4 is 50.4 Å². The van der Waals surface area contributed by atoms with E-state index >= 15 is 0 Å². The summed E-state index contributed by atoms with van der Waals surface area (Å²) < 4.78 is 15.0. The van der Waals surface area contributed by atoms with Gasteiger partial charge in [-0.15, -0.1) is 0 Å². The minimum Gasteiger partial charge on any atom is -0.364 e. The second-order valence-corrected chi connectivity index (χ2v) is 8.68. The molecule has 168 valence electrons. The predicted molar refractivity (Wildman–Crippen MR) is 132 cm³/mol. The molecule has 9 heteroatoms. The number of pyridine rings is 1. The smallest absolute Gasteiger partial charge is 0.183 e. The number of fused-ring (bicyclic) bond motifs is 3. The number of rotatable bonds is 5. The Bertz CT molecular complexity index is 1690. The summed E-state index contributed by atoms with van der Waals surface area (Å²) in [4.78, 5) is 24.0. The molecule has 0 fully saturated rings. The number of imidazole rings is 1. The first-order valence-corrected chi connectivity index (χ1v) is 11.2. The summed E-state index contributed by atoms with van der Waals surface area (Å²) in [6.07, 6.45) is 5.50. The van der Waals surface area contributed by atoms with Gasteiger partial charge in [-0.1, -0.05) is 23.7 Å². The van der Waals surface area contributed by atoms with Crippen molar-refractivity contribution in [3.63, 3.8) is 0 Å². The Morgan fingerprint density at radius 2 is 2.00 bits per heavy atom. The number of aryl methyl sites for hydroxylation is 1. The van der Waals surface area contributed by atoms with Gasteiger partial charge in [-0.25, -0.2) is 19.3 Å². The average molecular weight is 472 g/mol. The lowest BCUT2D eigenvalue weighted by molar-refractivity contribution is 0.625. The van der Waals surface area contributed by atoms with Crippen LogP contribution in [0.15, 0.2) is 55.1 Å². The highest BCUT2D eigenvalue weighted by atomic mass is 35.5. The Kier molecular flexibility index (Phi) is 4.88. The van der Waals surface area contributed by atoms with E-state index in [-0.39, 0.29) is 12.4 Å². The molecule has 0 aliphatic heterocycles. The fraction of sp³-hybridized carbons (Fsp3) is 0.120. The van der Waals surface area contributed by atoms with Gasteiger partial charge in [0, 0.05) is 41.8 Å². The van der Waals surface area contributed by atoms with Gasteiger partial charge in [-0.2, -0.15) is 0 Å². The Balaban J connectivity index is 1.27. The Labute approximate surface area is 198 Å². The van der Waals surface area contributed by atoms with Crippen LogP contribution in [0.1, 0.15) is 22.5 Å². The topological polar surface area (TPSA) is 95.2 Å². The summed E-state index contributed by atoms with van der Waals surface area (Å²) in [6, 6.07) is 11.8. The molecule has 0 aliphatic carbocycles. The zero-order chi connectivity index (χ0) is 23.2. The summed E-state index contributed by atoms with van der Waals surface area (Å²) in [5.41, 5.74) is 5.57.